The van der Waals surface area contributed by atoms with Gasteiger partial charge in [0.1, 0.15) is 22.5 Å². The molecule has 1 unspecified atom stereocenters. The fraction of sp³-hybridized carbons (Fsp3) is 0.105. The quantitative estimate of drug-likeness (QED) is 0.0963. The maximum atomic E-state index is 13.5. The van der Waals surface area contributed by atoms with Crippen LogP contribution in [0.25, 0.3) is 17.2 Å². The van der Waals surface area contributed by atoms with Gasteiger partial charge in [-0.1, -0.05) is 66.2 Å². The SMILES string of the molecule is COc1ccc(/C=C(/NC(=O)c2ccccc2)C(=O)Nc2cccc(SC(C)C(=O)Nc3scc(-c4ccc(C)cc4)c3C#N)c2)cc1. The summed E-state index contributed by atoms with van der Waals surface area (Å²) in [7, 11) is 1.57. The predicted octanol–water partition coefficient (Wildman–Crippen LogP) is 8.13. The van der Waals surface area contributed by atoms with Crippen LogP contribution >= 0.6 is 23.1 Å². The Morgan fingerprint density at radius 2 is 1.65 bits per heavy atom. The van der Waals surface area contributed by atoms with Crippen molar-refractivity contribution in [1.29, 1.82) is 5.26 Å². The predicted molar refractivity (Wildman–Crippen MR) is 193 cm³/mol. The molecule has 5 aromatic rings. The van der Waals surface area contributed by atoms with Crippen LogP contribution in [0.4, 0.5) is 10.7 Å². The summed E-state index contributed by atoms with van der Waals surface area (Å²) in [5.41, 5.74) is 4.88. The number of amides is 3. The second kappa shape index (κ2) is 15.8. The number of nitriles is 1. The summed E-state index contributed by atoms with van der Waals surface area (Å²) >= 11 is 2.63. The molecule has 0 bridgehead atoms. The third-order valence-corrected chi connectivity index (χ3v) is 9.22. The lowest BCUT2D eigenvalue weighted by atomic mass is 10.0. The van der Waals surface area contributed by atoms with Crippen LogP contribution in [0.2, 0.25) is 0 Å². The zero-order valence-corrected chi connectivity index (χ0v) is 28.1. The third kappa shape index (κ3) is 8.59. The van der Waals surface area contributed by atoms with Crippen molar-refractivity contribution in [3.8, 4) is 22.9 Å². The molecule has 0 saturated carbocycles. The molecule has 0 saturated heterocycles. The number of ether oxygens (including phenoxy) is 1. The number of nitrogens with one attached hydrogen (secondary N) is 3. The van der Waals surface area contributed by atoms with E-state index < -0.39 is 17.1 Å². The standard InChI is InChI=1S/C38H32N4O4S2/c1-24-12-16-27(17-13-24)33-23-47-38(32(33)22-39)42-35(43)25(2)48-31-11-7-10-29(21-31)40-37(45)34(20-26-14-18-30(46-3)19-15-26)41-36(44)28-8-5-4-6-9-28/h4-21,23,25H,1-3H3,(H,40,45)(H,41,44)(H,42,43)/b34-20+. The summed E-state index contributed by atoms with van der Waals surface area (Å²) in [6.45, 7) is 3.78. The van der Waals surface area contributed by atoms with E-state index in [1.165, 1.54) is 23.1 Å². The first-order valence-corrected chi connectivity index (χ1v) is 16.7. The van der Waals surface area contributed by atoms with Gasteiger partial charge in [-0.3, -0.25) is 14.4 Å². The van der Waals surface area contributed by atoms with Gasteiger partial charge < -0.3 is 20.7 Å². The Labute approximate surface area is 287 Å². The molecule has 1 atom stereocenters. The minimum atomic E-state index is -0.519. The van der Waals surface area contributed by atoms with Crippen molar-refractivity contribution in [3.05, 3.63) is 136 Å². The van der Waals surface area contributed by atoms with E-state index >= 15 is 0 Å². The van der Waals surface area contributed by atoms with Gasteiger partial charge in [0.2, 0.25) is 5.91 Å². The van der Waals surface area contributed by atoms with Gasteiger partial charge in [-0.15, -0.1) is 23.1 Å². The van der Waals surface area contributed by atoms with Gasteiger partial charge in [0.05, 0.1) is 17.9 Å². The molecule has 1 heterocycles. The van der Waals surface area contributed by atoms with Crippen molar-refractivity contribution in [1.82, 2.24) is 5.32 Å². The number of rotatable bonds is 11. The molecule has 3 N–H and O–H groups in total. The number of hydrogen-bond acceptors (Lipinski definition) is 7. The first-order chi connectivity index (χ1) is 23.2. The van der Waals surface area contributed by atoms with Crippen molar-refractivity contribution in [2.75, 3.05) is 17.7 Å². The molecule has 4 aromatic carbocycles. The van der Waals surface area contributed by atoms with Crippen LogP contribution in [0.5, 0.6) is 5.75 Å². The highest BCUT2D eigenvalue weighted by Gasteiger charge is 2.20. The van der Waals surface area contributed by atoms with Gasteiger partial charge in [0, 0.05) is 27.1 Å². The number of carbonyl (C=O) groups excluding carboxylic acids is 3. The summed E-state index contributed by atoms with van der Waals surface area (Å²) in [5, 5.41) is 20.3. The molecule has 0 aliphatic carbocycles. The van der Waals surface area contributed by atoms with E-state index in [1.807, 2.05) is 42.6 Å². The summed E-state index contributed by atoms with van der Waals surface area (Å²) in [6.07, 6.45) is 1.59. The van der Waals surface area contributed by atoms with Crippen molar-refractivity contribution in [3.63, 3.8) is 0 Å². The highest BCUT2D eigenvalue weighted by Crippen LogP contribution is 2.36. The van der Waals surface area contributed by atoms with Gasteiger partial charge >= 0.3 is 0 Å². The Balaban J connectivity index is 1.28. The van der Waals surface area contributed by atoms with Crippen LogP contribution in [-0.4, -0.2) is 30.1 Å². The number of carbonyl (C=O) groups is 3. The number of methoxy groups -OCH3 is 1. The van der Waals surface area contributed by atoms with Gasteiger partial charge in [-0.25, -0.2) is 0 Å². The molecule has 48 heavy (non-hydrogen) atoms. The maximum Gasteiger partial charge on any atom is 0.272 e. The van der Waals surface area contributed by atoms with E-state index in [-0.39, 0.29) is 11.6 Å². The zero-order valence-electron chi connectivity index (χ0n) is 26.4. The average molecular weight is 673 g/mol. The average Bonchev–Trinajstić information content (AvgIpc) is 3.51. The first-order valence-electron chi connectivity index (χ1n) is 14.9. The molecule has 0 aliphatic rings. The molecule has 0 fully saturated rings. The molecule has 5 rings (SSSR count). The topological polar surface area (TPSA) is 120 Å². The largest absolute Gasteiger partial charge is 0.497 e. The number of nitrogens with zero attached hydrogens (tertiary/aromatic N) is 1. The summed E-state index contributed by atoms with van der Waals surface area (Å²) in [5.74, 6) is -0.534. The number of thiophene rings is 1. The molecule has 0 aliphatic heterocycles. The molecule has 240 valence electrons. The van der Waals surface area contributed by atoms with Crippen LogP contribution < -0.4 is 20.7 Å². The lowest BCUT2D eigenvalue weighted by Crippen LogP contribution is -2.30. The second-order valence-electron chi connectivity index (χ2n) is 10.7. The lowest BCUT2D eigenvalue weighted by Gasteiger charge is -2.14. The highest BCUT2D eigenvalue weighted by atomic mass is 32.2. The number of aryl methyl sites for hydroxylation is 1. The smallest absolute Gasteiger partial charge is 0.272 e. The number of thioether (sulfide) groups is 1. The van der Waals surface area contributed by atoms with Gasteiger partial charge in [-0.05, 0) is 73.5 Å². The lowest BCUT2D eigenvalue weighted by molar-refractivity contribution is -0.115. The van der Waals surface area contributed by atoms with E-state index in [9.17, 15) is 19.6 Å². The molecule has 10 heteroatoms. The van der Waals surface area contributed by atoms with Crippen LogP contribution in [0.3, 0.4) is 0 Å². The molecule has 0 spiro atoms. The first kappa shape index (κ1) is 33.7. The molecule has 8 nitrogen and oxygen atoms in total. The van der Waals surface area contributed by atoms with Crippen LogP contribution in [0, 0.1) is 18.3 Å². The minimum absolute atomic E-state index is 0.0501. The number of hydrogen-bond donors (Lipinski definition) is 3. The van der Waals surface area contributed by atoms with Crippen LogP contribution in [0.1, 0.15) is 34.0 Å². The number of anilines is 2. The van der Waals surface area contributed by atoms with Crippen LogP contribution in [-0.2, 0) is 9.59 Å². The monoisotopic (exact) mass is 672 g/mol. The highest BCUT2D eigenvalue weighted by molar-refractivity contribution is 8.00. The summed E-state index contributed by atoms with van der Waals surface area (Å²) < 4.78 is 5.23. The fourth-order valence-electron chi connectivity index (χ4n) is 4.63. The summed E-state index contributed by atoms with van der Waals surface area (Å²) in [6, 6.07) is 33.0. The van der Waals surface area contributed by atoms with E-state index in [0.29, 0.717) is 33.1 Å². The molecular formula is C38H32N4O4S2. The Morgan fingerprint density at radius 1 is 0.917 bits per heavy atom. The van der Waals surface area contributed by atoms with Gasteiger partial charge in [0.25, 0.3) is 11.8 Å². The van der Waals surface area contributed by atoms with E-state index in [0.717, 1.165) is 21.6 Å². The van der Waals surface area contributed by atoms with E-state index in [1.54, 1.807) is 92.9 Å². The van der Waals surface area contributed by atoms with Crippen molar-refractivity contribution >= 4 is 57.6 Å². The third-order valence-electron chi connectivity index (χ3n) is 7.23. The second-order valence-corrected chi connectivity index (χ2v) is 13.0. The Kier molecular flexibility index (Phi) is 11.1. The van der Waals surface area contributed by atoms with Crippen molar-refractivity contribution < 1.29 is 19.1 Å². The zero-order chi connectivity index (χ0) is 34.0. The Bertz CT molecular complexity index is 2000. The Hall–Kier alpha value is -5.63. The maximum absolute atomic E-state index is 13.5. The Morgan fingerprint density at radius 3 is 2.33 bits per heavy atom. The van der Waals surface area contributed by atoms with E-state index in [2.05, 4.69) is 22.0 Å². The van der Waals surface area contributed by atoms with Gasteiger partial charge in [-0.2, -0.15) is 5.26 Å². The van der Waals surface area contributed by atoms with E-state index in [4.69, 9.17) is 4.74 Å². The minimum Gasteiger partial charge on any atom is -0.497 e. The molecule has 3 amide bonds. The normalized spacial score (nSPS) is 11.6. The number of benzene rings is 4. The van der Waals surface area contributed by atoms with Gasteiger partial charge in [0.15, 0.2) is 0 Å². The molecule has 0 radical (unpaired) electrons. The van der Waals surface area contributed by atoms with Crippen LogP contribution in [0.15, 0.2) is 119 Å². The fourth-order valence-corrected chi connectivity index (χ4v) is 6.48. The van der Waals surface area contributed by atoms with Crippen molar-refractivity contribution in [2.45, 2.75) is 24.0 Å². The molecule has 1 aromatic heterocycles. The van der Waals surface area contributed by atoms with Crippen molar-refractivity contribution in [2.24, 2.45) is 0 Å². The molecular weight excluding hydrogens is 641 g/mol. The summed E-state index contributed by atoms with van der Waals surface area (Å²) in [4.78, 5) is 40.5.